The molecule has 0 aliphatic carbocycles. The largest absolute Gasteiger partial charge is 0.488 e. The average molecular weight is 303 g/mol. The molecule has 0 atom stereocenters. The van der Waals surface area contributed by atoms with E-state index in [9.17, 15) is 4.79 Å². The van der Waals surface area contributed by atoms with E-state index in [0.29, 0.717) is 29.2 Å². The number of nitrogens with two attached hydrogens (primary N) is 1. The number of hydrogen-bond acceptors (Lipinski definition) is 3. The first kappa shape index (κ1) is 14.9. The van der Waals surface area contributed by atoms with Gasteiger partial charge in [0.05, 0.1) is 5.56 Å². The maximum Gasteiger partial charge on any atom is 0.196 e. The summed E-state index contributed by atoms with van der Waals surface area (Å²) >= 11 is 0. The molecule has 23 heavy (non-hydrogen) atoms. The molecule has 0 amide bonds. The average Bonchev–Trinajstić information content (AvgIpc) is 2.61. The molecule has 3 nitrogen and oxygen atoms in total. The van der Waals surface area contributed by atoms with E-state index in [4.69, 9.17) is 10.5 Å². The van der Waals surface area contributed by atoms with Gasteiger partial charge in [-0.1, -0.05) is 60.7 Å². The number of rotatable bonds is 5. The molecule has 0 radical (unpaired) electrons. The number of benzene rings is 3. The third-order valence-electron chi connectivity index (χ3n) is 3.52. The van der Waals surface area contributed by atoms with Crippen LogP contribution in [-0.4, -0.2) is 5.78 Å². The quantitative estimate of drug-likeness (QED) is 0.571. The van der Waals surface area contributed by atoms with Gasteiger partial charge in [-0.25, -0.2) is 0 Å². The van der Waals surface area contributed by atoms with E-state index in [1.165, 1.54) is 0 Å². The number of ether oxygens (including phenoxy) is 1. The fraction of sp³-hybridized carbons (Fsp3) is 0.0500. The van der Waals surface area contributed by atoms with Crippen molar-refractivity contribution >= 4 is 11.5 Å². The van der Waals surface area contributed by atoms with Crippen molar-refractivity contribution in [2.75, 3.05) is 5.73 Å². The summed E-state index contributed by atoms with van der Waals surface area (Å²) in [7, 11) is 0. The summed E-state index contributed by atoms with van der Waals surface area (Å²) in [4.78, 5) is 12.7. The van der Waals surface area contributed by atoms with Crippen molar-refractivity contribution in [2.45, 2.75) is 6.61 Å². The number of carbonyl (C=O) groups is 1. The Kier molecular flexibility index (Phi) is 4.39. The monoisotopic (exact) mass is 303 g/mol. The Hall–Kier alpha value is -3.07. The SMILES string of the molecule is Nc1ccc(OCc2ccccc2)c(C(=O)c2ccccc2)c1. The van der Waals surface area contributed by atoms with E-state index in [-0.39, 0.29) is 5.78 Å². The minimum absolute atomic E-state index is 0.0963. The van der Waals surface area contributed by atoms with Crippen LogP contribution >= 0.6 is 0 Å². The van der Waals surface area contributed by atoms with Crippen molar-refractivity contribution in [1.29, 1.82) is 0 Å². The summed E-state index contributed by atoms with van der Waals surface area (Å²) in [6.45, 7) is 0.403. The molecule has 3 heteroatoms. The van der Waals surface area contributed by atoms with Gasteiger partial charge in [0.1, 0.15) is 12.4 Å². The van der Waals surface area contributed by atoms with Gasteiger partial charge in [0, 0.05) is 11.3 Å². The highest BCUT2D eigenvalue weighted by Crippen LogP contribution is 2.25. The summed E-state index contributed by atoms with van der Waals surface area (Å²) in [5.74, 6) is 0.442. The van der Waals surface area contributed by atoms with Gasteiger partial charge < -0.3 is 10.5 Å². The van der Waals surface area contributed by atoms with E-state index >= 15 is 0 Å². The van der Waals surface area contributed by atoms with Crippen LogP contribution in [0.5, 0.6) is 5.75 Å². The summed E-state index contributed by atoms with van der Waals surface area (Å²) in [5.41, 5.74) is 8.52. The van der Waals surface area contributed by atoms with Crippen molar-refractivity contribution in [3.05, 3.63) is 95.6 Å². The molecular formula is C20H17NO2. The van der Waals surface area contributed by atoms with Gasteiger partial charge in [-0.05, 0) is 23.8 Å². The van der Waals surface area contributed by atoms with Crippen molar-refractivity contribution in [3.63, 3.8) is 0 Å². The molecule has 0 heterocycles. The van der Waals surface area contributed by atoms with E-state index in [0.717, 1.165) is 5.56 Å². The zero-order valence-electron chi connectivity index (χ0n) is 12.6. The molecule has 0 unspecified atom stereocenters. The molecule has 2 N–H and O–H groups in total. The van der Waals surface area contributed by atoms with Crippen LogP contribution in [0.15, 0.2) is 78.9 Å². The zero-order chi connectivity index (χ0) is 16.1. The third-order valence-corrected chi connectivity index (χ3v) is 3.52. The Morgan fingerprint density at radius 3 is 2.22 bits per heavy atom. The zero-order valence-corrected chi connectivity index (χ0v) is 12.6. The normalized spacial score (nSPS) is 10.3. The highest BCUT2D eigenvalue weighted by atomic mass is 16.5. The maximum absolute atomic E-state index is 12.7. The van der Waals surface area contributed by atoms with Crippen LogP contribution in [0.3, 0.4) is 0 Å². The van der Waals surface area contributed by atoms with Crippen molar-refractivity contribution in [1.82, 2.24) is 0 Å². The molecule has 114 valence electrons. The minimum Gasteiger partial charge on any atom is -0.488 e. The topological polar surface area (TPSA) is 52.3 Å². The van der Waals surface area contributed by atoms with Gasteiger partial charge in [0.2, 0.25) is 0 Å². The molecule has 0 saturated carbocycles. The number of ketones is 1. The predicted octanol–water partition coefficient (Wildman–Crippen LogP) is 4.08. The fourth-order valence-corrected chi connectivity index (χ4v) is 2.33. The first-order valence-electron chi connectivity index (χ1n) is 7.40. The van der Waals surface area contributed by atoms with Crippen LogP contribution in [0, 0.1) is 0 Å². The van der Waals surface area contributed by atoms with Gasteiger partial charge in [-0.2, -0.15) is 0 Å². The molecule has 0 saturated heterocycles. The van der Waals surface area contributed by atoms with Crippen LogP contribution in [-0.2, 0) is 6.61 Å². The van der Waals surface area contributed by atoms with Crippen LogP contribution in [0.25, 0.3) is 0 Å². The van der Waals surface area contributed by atoms with Gasteiger partial charge in [0.15, 0.2) is 5.78 Å². The van der Waals surface area contributed by atoms with Crippen LogP contribution in [0.4, 0.5) is 5.69 Å². The Balaban J connectivity index is 1.87. The van der Waals surface area contributed by atoms with Crippen molar-refractivity contribution in [2.24, 2.45) is 0 Å². The maximum atomic E-state index is 12.7. The van der Waals surface area contributed by atoms with Gasteiger partial charge >= 0.3 is 0 Å². The number of nitrogen functional groups attached to an aromatic ring is 1. The van der Waals surface area contributed by atoms with Gasteiger partial charge in [-0.15, -0.1) is 0 Å². The van der Waals surface area contributed by atoms with E-state index in [1.807, 2.05) is 48.5 Å². The Morgan fingerprint density at radius 1 is 0.870 bits per heavy atom. The molecule has 0 aliphatic heterocycles. The Labute approximate surface area is 135 Å². The van der Waals surface area contributed by atoms with Gasteiger partial charge in [0.25, 0.3) is 0 Å². The van der Waals surface area contributed by atoms with Crippen LogP contribution in [0.1, 0.15) is 21.5 Å². The Morgan fingerprint density at radius 2 is 1.52 bits per heavy atom. The fourth-order valence-electron chi connectivity index (χ4n) is 2.33. The number of anilines is 1. The van der Waals surface area contributed by atoms with E-state index in [1.54, 1.807) is 30.3 Å². The van der Waals surface area contributed by atoms with Crippen molar-refractivity contribution < 1.29 is 9.53 Å². The highest BCUT2D eigenvalue weighted by molar-refractivity contribution is 6.11. The highest BCUT2D eigenvalue weighted by Gasteiger charge is 2.15. The Bertz CT molecular complexity index is 798. The second-order valence-corrected chi connectivity index (χ2v) is 5.23. The molecule has 0 aliphatic rings. The summed E-state index contributed by atoms with van der Waals surface area (Å²) in [5, 5.41) is 0. The number of hydrogen-bond donors (Lipinski definition) is 1. The molecular weight excluding hydrogens is 286 g/mol. The van der Waals surface area contributed by atoms with Gasteiger partial charge in [-0.3, -0.25) is 4.79 Å². The molecule has 0 fully saturated rings. The van der Waals surface area contributed by atoms with Crippen LogP contribution < -0.4 is 10.5 Å². The summed E-state index contributed by atoms with van der Waals surface area (Å²) in [6, 6.07) is 24.1. The lowest BCUT2D eigenvalue weighted by atomic mass is 10.0. The summed E-state index contributed by atoms with van der Waals surface area (Å²) in [6.07, 6.45) is 0. The molecule has 3 rings (SSSR count). The third kappa shape index (κ3) is 3.58. The first-order valence-corrected chi connectivity index (χ1v) is 7.40. The summed E-state index contributed by atoms with van der Waals surface area (Å²) < 4.78 is 5.84. The standard InChI is InChI=1S/C20H17NO2/c21-17-11-12-19(23-14-15-7-3-1-4-8-15)18(13-17)20(22)16-9-5-2-6-10-16/h1-13H,14,21H2. The lowest BCUT2D eigenvalue weighted by molar-refractivity contribution is 0.103. The molecule has 3 aromatic carbocycles. The van der Waals surface area contributed by atoms with Crippen molar-refractivity contribution in [3.8, 4) is 5.75 Å². The smallest absolute Gasteiger partial charge is 0.196 e. The lowest BCUT2D eigenvalue weighted by Crippen LogP contribution is -2.06. The molecule has 0 spiro atoms. The second-order valence-electron chi connectivity index (χ2n) is 5.23. The van der Waals surface area contributed by atoms with E-state index < -0.39 is 0 Å². The molecule has 0 aromatic heterocycles. The predicted molar refractivity (Wildman–Crippen MR) is 91.5 cm³/mol. The van der Waals surface area contributed by atoms with E-state index in [2.05, 4.69) is 0 Å². The lowest BCUT2D eigenvalue weighted by Gasteiger charge is -2.12. The molecule has 3 aromatic rings. The first-order chi connectivity index (χ1) is 11.2. The van der Waals surface area contributed by atoms with Crippen LogP contribution in [0.2, 0.25) is 0 Å². The second kappa shape index (κ2) is 6.79. The number of carbonyl (C=O) groups excluding carboxylic acids is 1. The minimum atomic E-state index is -0.0963. The molecule has 0 bridgehead atoms.